The number of amides is 1. The Kier molecular flexibility index (Phi) is 6.04. The van der Waals surface area contributed by atoms with Crippen molar-refractivity contribution < 1.29 is 9.72 Å². The third-order valence-electron chi connectivity index (χ3n) is 3.14. The number of allylic oxidation sites excluding steroid dienone is 2. The maximum atomic E-state index is 12.1. The molecule has 0 saturated heterocycles. The molecule has 0 aliphatic carbocycles. The minimum Gasteiger partial charge on any atom is -0.321 e. The van der Waals surface area contributed by atoms with Gasteiger partial charge in [0.25, 0.3) is 11.6 Å². The van der Waals surface area contributed by atoms with Gasteiger partial charge >= 0.3 is 0 Å². The molecule has 6 nitrogen and oxygen atoms in total. The highest BCUT2D eigenvalue weighted by Crippen LogP contribution is 2.19. The predicted molar refractivity (Wildman–Crippen MR) is 95.9 cm³/mol. The molecule has 124 valence electrons. The zero-order chi connectivity index (χ0) is 18.2. The van der Waals surface area contributed by atoms with E-state index < -0.39 is 10.8 Å². The fourth-order valence-electron chi connectivity index (χ4n) is 1.94. The summed E-state index contributed by atoms with van der Waals surface area (Å²) in [6.45, 7) is 0. The van der Waals surface area contributed by atoms with Crippen LogP contribution in [0, 0.1) is 21.4 Å². The molecule has 2 rings (SSSR count). The summed E-state index contributed by atoms with van der Waals surface area (Å²) in [5.41, 5.74) is 0.679. The number of halogens is 1. The molecule has 25 heavy (non-hydrogen) atoms. The number of nitro groups is 1. The molecule has 0 aliphatic heterocycles. The van der Waals surface area contributed by atoms with Gasteiger partial charge in [0.05, 0.1) is 10.5 Å². The van der Waals surface area contributed by atoms with Crippen molar-refractivity contribution in [1.82, 2.24) is 0 Å². The Labute approximate surface area is 148 Å². The molecule has 0 atom stereocenters. The van der Waals surface area contributed by atoms with E-state index >= 15 is 0 Å². The number of anilines is 1. The smallest absolute Gasteiger partial charge is 0.276 e. The SMILES string of the molecule is N#C/C(=C\C=C\c1ccccc1[N+](=O)[O-])C(=O)Nc1ccc(Cl)cc1. The van der Waals surface area contributed by atoms with Crippen molar-refractivity contribution >= 4 is 35.0 Å². The lowest BCUT2D eigenvalue weighted by Crippen LogP contribution is -2.13. The van der Waals surface area contributed by atoms with E-state index in [1.54, 1.807) is 48.5 Å². The molecule has 0 radical (unpaired) electrons. The first-order valence-electron chi connectivity index (χ1n) is 7.10. The molecule has 0 spiro atoms. The lowest BCUT2D eigenvalue weighted by molar-refractivity contribution is -0.385. The molecule has 1 N–H and O–H groups in total. The number of nitrogens with zero attached hydrogens (tertiary/aromatic N) is 2. The fourth-order valence-corrected chi connectivity index (χ4v) is 2.06. The van der Waals surface area contributed by atoms with Crippen LogP contribution in [-0.2, 0) is 4.79 Å². The monoisotopic (exact) mass is 353 g/mol. The van der Waals surface area contributed by atoms with Crippen molar-refractivity contribution in [2.24, 2.45) is 0 Å². The molecule has 0 aliphatic rings. The van der Waals surface area contributed by atoms with Crippen molar-refractivity contribution in [1.29, 1.82) is 5.26 Å². The van der Waals surface area contributed by atoms with Crippen LogP contribution in [-0.4, -0.2) is 10.8 Å². The first kappa shape index (κ1) is 17.9. The molecule has 0 heterocycles. The van der Waals surface area contributed by atoms with E-state index in [1.807, 2.05) is 0 Å². The lowest BCUT2D eigenvalue weighted by atomic mass is 10.1. The van der Waals surface area contributed by atoms with Gasteiger partial charge in [0.15, 0.2) is 0 Å². The van der Waals surface area contributed by atoms with Gasteiger partial charge in [-0.2, -0.15) is 5.26 Å². The van der Waals surface area contributed by atoms with Crippen LogP contribution in [0.3, 0.4) is 0 Å². The number of para-hydroxylation sites is 1. The molecule has 0 saturated carbocycles. The molecule has 0 fully saturated rings. The van der Waals surface area contributed by atoms with Crippen molar-refractivity contribution in [3.8, 4) is 6.07 Å². The zero-order valence-electron chi connectivity index (χ0n) is 12.8. The average Bonchev–Trinajstić information content (AvgIpc) is 2.61. The number of hydrogen-bond donors (Lipinski definition) is 1. The number of carbonyl (C=O) groups excluding carboxylic acids is 1. The third-order valence-corrected chi connectivity index (χ3v) is 3.39. The Morgan fingerprint density at radius 3 is 2.52 bits per heavy atom. The molecule has 1 amide bonds. The number of nitrogens with one attached hydrogen (secondary N) is 1. The van der Waals surface area contributed by atoms with Crippen molar-refractivity contribution in [2.75, 3.05) is 5.32 Å². The Morgan fingerprint density at radius 2 is 1.88 bits per heavy atom. The summed E-state index contributed by atoms with van der Waals surface area (Å²) in [7, 11) is 0. The Hall–Kier alpha value is -3.43. The summed E-state index contributed by atoms with van der Waals surface area (Å²) >= 11 is 5.77. The summed E-state index contributed by atoms with van der Waals surface area (Å²) in [6.07, 6.45) is 4.18. The van der Waals surface area contributed by atoms with Gasteiger partial charge < -0.3 is 5.32 Å². The maximum absolute atomic E-state index is 12.1. The molecule has 0 bridgehead atoms. The van der Waals surface area contributed by atoms with E-state index in [4.69, 9.17) is 16.9 Å². The van der Waals surface area contributed by atoms with Crippen LogP contribution in [0.4, 0.5) is 11.4 Å². The van der Waals surface area contributed by atoms with Gasteiger partial charge in [0.1, 0.15) is 11.6 Å². The van der Waals surface area contributed by atoms with Crippen molar-refractivity contribution in [2.45, 2.75) is 0 Å². The predicted octanol–water partition coefficient (Wildman–Crippen LogP) is 4.35. The van der Waals surface area contributed by atoms with Gasteiger partial charge in [0.2, 0.25) is 0 Å². The van der Waals surface area contributed by atoms with Crippen LogP contribution in [0.2, 0.25) is 5.02 Å². The number of benzene rings is 2. The second-order valence-corrected chi connectivity index (χ2v) is 5.26. The Morgan fingerprint density at radius 1 is 1.20 bits per heavy atom. The van der Waals surface area contributed by atoms with Gasteiger partial charge in [0, 0.05) is 16.8 Å². The second-order valence-electron chi connectivity index (χ2n) is 4.83. The molecule has 0 unspecified atom stereocenters. The van der Waals surface area contributed by atoms with E-state index in [9.17, 15) is 14.9 Å². The minimum absolute atomic E-state index is 0.0590. The first-order chi connectivity index (χ1) is 12.0. The summed E-state index contributed by atoms with van der Waals surface area (Å²) < 4.78 is 0. The molecule has 7 heteroatoms. The molecule has 2 aromatic rings. The largest absolute Gasteiger partial charge is 0.321 e. The van der Waals surface area contributed by atoms with Gasteiger partial charge in [-0.05, 0) is 42.5 Å². The Bertz CT molecular complexity index is 897. The topological polar surface area (TPSA) is 96.0 Å². The van der Waals surface area contributed by atoms with E-state index in [-0.39, 0.29) is 11.3 Å². The van der Waals surface area contributed by atoms with E-state index in [0.717, 1.165) is 0 Å². The molecular formula is C18H12ClN3O3. The summed E-state index contributed by atoms with van der Waals surface area (Å²) in [5.74, 6) is -0.586. The van der Waals surface area contributed by atoms with Crippen LogP contribution < -0.4 is 5.32 Å². The number of nitriles is 1. The number of nitro benzene ring substituents is 1. The maximum Gasteiger partial charge on any atom is 0.276 e. The van der Waals surface area contributed by atoms with Crippen LogP contribution in [0.25, 0.3) is 6.08 Å². The standard InChI is InChI=1S/C18H12ClN3O3/c19-15-8-10-16(11-9-15)21-18(23)14(12-20)6-3-5-13-4-1-2-7-17(13)22(24)25/h1-11H,(H,21,23)/b5-3+,14-6+. The number of carbonyl (C=O) groups is 1. The van der Waals surface area contributed by atoms with Crippen LogP contribution in [0.15, 0.2) is 66.3 Å². The zero-order valence-corrected chi connectivity index (χ0v) is 13.6. The van der Waals surface area contributed by atoms with Gasteiger partial charge in [-0.3, -0.25) is 14.9 Å². The molecule has 2 aromatic carbocycles. The quantitative estimate of drug-likeness (QED) is 0.284. The third kappa shape index (κ3) is 5.03. The Balaban J connectivity index is 2.15. The summed E-state index contributed by atoms with van der Waals surface area (Å²) in [5, 5.41) is 23.2. The first-order valence-corrected chi connectivity index (χ1v) is 7.48. The molecule has 0 aromatic heterocycles. The highest BCUT2D eigenvalue weighted by molar-refractivity contribution is 6.30. The van der Waals surface area contributed by atoms with Crippen LogP contribution in [0.5, 0.6) is 0 Å². The molecular weight excluding hydrogens is 342 g/mol. The van der Waals surface area contributed by atoms with E-state index in [1.165, 1.54) is 24.3 Å². The van der Waals surface area contributed by atoms with Gasteiger partial charge in [-0.25, -0.2) is 0 Å². The highest BCUT2D eigenvalue weighted by Gasteiger charge is 2.10. The fraction of sp³-hybridized carbons (Fsp3) is 0. The van der Waals surface area contributed by atoms with E-state index in [0.29, 0.717) is 16.3 Å². The van der Waals surface area contributed by atoms with Crippen molar-refractivity contribution in [3.63, 3.8) is 0 Å². The van der Waals surface area contributed by atoms with Crippen LogP contribution >= 0.6 is 11.6 Å². The van der Waals surface area contributed by atoms with E-state index in [2.05, 4.69) is 5.32 Å². The van der Waals surface area contributed by atoms with Gasteiger partial charge in [-0.1, -0.05) is 29.8 Å². The van der Waals surface area contributed by atoms with Gasteiger partial charge in [-0.15, -0.1) is 0 Å². The number of rotatable bonds is 5. The van der Waals surface area contributed by atoms with Crippen molar-refractivity contribution in [3.05, 3.63) is 87.0 Å². The lowest BCUT2D eigenvalue weighted by Gasteiger charge is -2.03. The number of hydrogen-bond acceptors (Lipinski definition) is 4. The average molecular weight is 354 g/mol. The second kappa shape index (κ2) is 8.43. The minimum atomic E-state index is -0.586. The summed E-state index contributed by atoms with van der Waals surface area (Å²) in [4.78, 5) is 22.5. The normalized spacial score (nSPS) is 11.1. The summed E-state index contributed by atoms with van der Waals surface area (Å²) in [6, 6.07) is 14.4. The van der Waals surface area contributed by atoms with Crippen LogP contribution in [0.1, 0.15) is 5.56 Å². The highest BCUT2D eigenvalue weighted by atomic mass is 35.5.